The number of amides is 1. The van der Waals surface area contributed by atoms with E-state index in [1.165, 1.54) is 4.90 Å². The molecule has 2 aromatic rings. The monoisotopic (exact) mass is 486 g/mol. The Bertz CT molecular complexity index is 1060. The Balaban J connectivity index is 2.13. The molecule has 0 aromatic heterocycles. The molecule has 1 atom stereocenters. The molecule has 8 heteroatoms. The number of ether oxygens (including phenoxy) is 2. The fraction of sp³-hybridized carbons (Fsp3) is 0.385. The molecule has 0 radical (unpaired) electrons. The number of benzene rings is 2. The number of hydrogen-bond acceptors (Lipinski definition) is 6. The van der Waals surface area contributed by atoms with Crippen LogP contribution < -0.4 is 9.47 Å². The molecule has 3 rings (SSSR count). The molecule has 0 spiro atoms. The van der Waals surface area contributed by atoms with Gasteiger partial charge in [0.25, 0.3) is 11.7 Å². The van der Waals surface area contributed by atoms with Crippen LogP contribution in [0, 0.1) is 0 Å². The number of Topliss-reactive ketones (excluding diaryl/α,β-unsaturated/α-hetero) is 1. The maximum atomic E-state index is 13.2. The molecular formula is C26H31ClN2O5. The number of methoxy groups -OCH3 is 1. The summed E-state index contributed by atoms with van der Waals surface area (Å²) in [7, 11) is 1.57. The van der Waals surface area contributed by atoms with Crippen LogP contribution in [0.3, 0.4) is 0 Å². The van der Waals surface area contributed by atoms with Crippen molar-refractivity contribution in [3.05, 3.63) is 64.2 Å². The van der Waals surface area contributed by atoms with Crippen molar-refractivity contribution in [1.29, 1.82) is 0 Å². The van der Waals surface area contributed by atoms with Gasteiger partial charge in [-0.1, -0.05) is 37.6 Å². The Labute approximate surface area is 205 Å². The van der Waals surface area contributed by atoms with Crippen molar-refractivity contribution in [2.24, 2.45) is 0 Å². The Morgan fingerprint density at radius 3 is 2.29 bits per heavy atom. The summed E-state index contributed by atoms with van der Waals surface area (Å²) in [5.74, 6) is -0.556. The molecule has 1 unspecified atom stereocenters. The van der Waals surface area contributed by atoms with Gasteiger partial charge in [0.15, 0.2) is 0 Å². The lowest BCUT2D eigenvalue weighted by Crippen LogP contribution is -2.38. The molecule has 182 valence electrons. The number of nitrogens with zero attached hydrogens (tertiary/aromatic N) is 2. The number of aliphatic hydroxyl groups excluding tert-OH is 1. The van der Waals surface area contributed by atoms with Crippen molar-refractivity contribution in [2.75, 3.05) is 39.9 Å². The molecular weight excluding hydrogens is 456 g/mol. The average Bonchev–Trinajstić information content (AvgIpc) is 3.10. The predicted molar refractivity (Wildman–Crippen MR) is 132 cm³/mol. The third-order valence-electron chi connectivity index (χ3n) is 6.03. The second-order valence-electron chi connectivity index (χ2n) is 7.87. The second-order valence-corrected chi connectivity index (χ2v) is 8.27. The highest BCUT2D eigenvalue weighted by Crippen LogP contribution is 2.41. The molecule has 0 bridgehead atoms. The number of likely N-dealkylation sites (tertiary alicyclic amines) is 1. The van der Waals surface area contributed by atoms with Crippen molar-refractivity contribution < 1.29 is 24.2 Å². The summed E-state index contributed by atoms with van der Waals surface area (Å²) in [6.45, 7) is 8.97. The van der Waals surface area contributed by atoms with E-state index in [2.05, 4.69) is 4.90 Å². The van der Waals surface area contributed by atoms with Gasteiger partial charge in [0, 0.05) is 18.7 Å². The Hall–Kier alpha value is -3.03. The highest BCUT2D eigenvalue weighted by Gasteiger charge is 2.46. The molecule has 1 amide bonds. The molecule has 0 saturated carbocycles. The first-order valence-corrected chi connectivity index (χ1v) is 11.8. The summed E-state index contributed by atoms with van der Waals surface area (Å²) in [6, 6.07) is 11.2. The van der Waals surface area contributed by atoms with Gasteiger partial charge >= 0.3 is 0 Å². The van der Waals surface area contributed by atoms with Gasteiger partial charge in [-0.3, -0.25) is 9.59 Å². The van der Waals surface area contributed by atoms with Gasteiger partial charge in [-0.2, -0.15) is 0 Å². The number of likely N-dealkylation sites (N-methyl/N-ethyl adjacent to an activating group) is 1. The smallest absolute Gasteiger partial charge is 0.295 e. The fourth-order valence-corrected chi connectivity index (χ4v) is 4.33. The van der Waals surface area contributed by atoms with E-state index in [1.54, 1.807) is 49.6 Å². The van der Waals surface area contributed by atoms with Crippen LogP contribution in [0.1, 0.15) is 37.9 Å². The number of aliphatic hydroxyl groups is 1. The topological polar surface area (TPSA) is 79.3 Å². The summed E-state index contributed by atoms with van der Waals surface area (Å²) >= 11 is 6.38. The fourth-order valence-electron chi connectivity index (χ4n) is 4.12. The van der Waals surface area contributed by atoms with Crippen LogP contribution >= 0.6 is 11.6 Å². The number of carbonyl (C=O) groups is 2. The highest BCUT2D eigenvalue weighted by atomic mass is 35.5. The highest BCUT2D eigenvalue weighted by molar-refractivity contribution is 6.47. The third kappa shape index (κ3) is 5.21. The van der Waals surface area contributed by atoms with E-state index in [0.29, 0.717) is 36.8 Å². The number of hydrogen-bond donors (Lipinski definition) is 1. The normalized spacial score (nSPS) is 17.5. The first kappa shape index (κ1) is 25.6. The van der Waals surface area contributed by atoms with E-state index in [1.807, 2.05) is 20.8 Å². The van der Waals surface area contributed by atoms with E-state index in [-0.39, 0.29) is 21.9 Å². The van der Waals surface area contributed by atoms with Gasteiger partial charge in [-0.25, -0.2) is 0 Å². The Morgan fingerprint density at radius 2 is 1.71 bits per heavy atom. The molecule has 1 N–H and O–H groups in total. The summed E-state index contributed by atoms with van der Waals surface area (Å²) in [5, 5.41) is 11.6. The minimum Gasteiger partial charge on any atom is -0.507 e. The summed E-state index contributed by atoms with van der Waals surface area (Å²) in [5.41, 5.74) is 0.941. The van der Waals surface area contributed by atoms with Gasteiger partial charge in [0.1, 0.15) is 17.3 Å². The number of carbonyl (C=O) groups excluding carboxylic acids is 2. The minimum absolute atomic E-state index is 0.00487. The van der Waals surface area contributed by atoms with Crippen molar-refractivity contribution in [1.82, 2.24) is 9.80 Å². The molecule has 2 aromatic carbocycles. The molecule has 1 saturated heterocycles. The molecule has 34 heavy (non-hydrogen) atoms. The van der Waals surface area contributed by atoms with E-state index in [0.717, 1.165) is 13.1 Å². The Kier molecular flexibility index (Phi) is 8.58. The first-order valence-electron chi connectivity index (χ1n) is 11.4. The average molecular weight is 487 g/mol. The minimum atomic E-state index is -0.756. The van der Waals surface area contributed by atoms with E-state index in [4.69, 9.17) is 21.1 Å². The summed E-state index contributed by atoms with van der Waals surface area (Å²) < 4.78 is 10.8. The molecule has 1 aliphatic heterocycles. The lowest BCUT2D eigenvalue weighted by atomic mass is 9.95. The van der Waals surface area contributed by atoms with Crippen LogP contribution in [-0.2, 0) is 9.59 Å². The van der Waals surface area contributed by atoms with Crippen LogP contribution in [0.25, 0.3) is 5.76 Å². The van der Waals surface area contributed by atoms with Gasteiger partial charge < -0.3 is 24.4 Å². The molecule has 1 heterocycles. The van der Waals surface area contributed by atoms with Gasteiger partial charge in [-0.15, -0.1) is 0 Å². The largest absolute Gasteiger partial charge is 0.507 e. The quantitative estimate of drug-likeness (QED) is 0.302. The van der Waals surface area contributed by atoms with Crippen molar-refractivity contribution in [2.45, 2.75) is 26.8 Å². The number of halogens is 1. The van der Waals surface area contributed by atoms with Crippen molar-refractivity contribution in [3.8, 4) is 11.5 Å². The zero-order valence-electron chi connectivity index (χ0n) is 20.0. The standard InChI is InChI=1S/C26H31ClN2O5/c1-5-28(6-2)14-15-29-23(17-8-10-18(33-4)11-9-17)22(25(31)26(29)32)24(30)20-16-19(34-7-3)12-13-21(20)27/h8-13,16,23,30H,5-7,14-15H2,1-4H3/b24-22+. The lowest BCUT2D eigenvalue weighted by molar-refractivity contribution is -0.140. The SMILES string of the molecule is CCOc1ccc(Cl)c(/C(O)=C2\C(=O)C(=O)N(CCN(CC)CC)C2c2ccc(OC)cc2)c1. The van der Waals surface area contributed by atoms with E-state index in [9.17, 15) is 14.7 Å². The van der Waals surface area contributed by atoms with Crippen LogP contribution in [0.2, 0.25) is 5.02 Å². The molecule has 1 fully saturated rings. The summed E-state index contributed by atoms with van der Waals surface area (Å²) in [4.78, 5) is 30.0. The number of rotatable bonds is 10. The zero-order chi connectivity index (χ0) is 24.8. The van der Waals surface area contributed by atoms with Gasteiger partial charge in [-0.05, 0) is 55.9 Å². The summed E-state index contributed by atoms with van der Waals surface area (Å²) in [6.07, 6.45) is 0. The maximum Gasteiger partial charge on any atom is 0.295 e. The second kappa shape index (κ2) is 11.4. The molecule has 0 aliphatic carbocycles. The van der Waals surface area contributed by atoms with Crippen LogP contribution in [0.15, 0.2) is 48.0 Å². The first-order chi connectivity index (χ1) is 16.4. The zero-order valence-corrected chi connectivity index (χ0v) is 20.8. The number of ketones is 1. The van der Waals surface area contributed by atoms with Gasteiger partial charge in [0.2, 0.25) is 0 Å². The van der Waals surface area contributed by atoms with Crippen LogP contribution in [0.4, 0.5) is 0 Å². The van der Waals surface area contributed by atoms with Crippen LogP contribution in [0.5, 0.6) is 11.5 Å². The van der Waals surface area contributed by atoms with Gasteiger partial charge in [0.05, 0.1) is 30.4 Å². The lowest BCUT2D eigenvalue weighted by Gasteiger charge is -2.28. The molecule has 7 nitrogen and oxygen atoms in total. The third-order valence-corrected chi connectivity index (χ3v) is 6.36. The Morgan fingerprint density at radius 1 is 1.06 bits per heavy atom. The maximum absolute atomic E-state index is 13.2. The van der Waals surface area contributed by atoms with Crippen LogP contribution in [-0.4, -0.2) is 66.5 Å². The van der Waals surface area contributed by atoms with Crippen molar-refractivity contribution in [3.63, 3.8) is 0 Å². The van der Waals surface area contributed by atoms with E-state index < -0.39 is 17.7 Å². The predicted octanol–water partition coefficient (Wildman–Crippen LogP) is 4.51. The molecule has 1 aliphatic rings. The van der Waals surface area contributed by atoms with E-state index >= 15 is 0 Å². The van der Waals surface area contributed by atoms with Crippen molar-refractivity contribution >= 4 is 29.1 Å².